The van der Waals surface area contributed by atoms with E-state index in [0.29, 0.717) is 18.1 Å². The Balaban J connectivity index is 2.04. The van der Waals surface area contributed by atoms with Crippen LogP contribution in [0.25, 0.3) is 0 Å². The zero-order chi connectivity index (χ0) is 23.1. The Morgan fingerprint density at radius 1 is 1.16 bits per heavy atom. The minimum atomic E-state index is -1.88. The summed E-state index contributed by atoms with van der Waals surface area (Å²) in [6.45, 7) is 11.5. The van der Waals surface area contributed by atoms with Gasteiger partial charge in [0, 0.05) is 12.8 Å². The first-order valence-corrected chi connectivity index (χ1v) is 14.6. The maximum absolute atomic E-state index is 11.8. The highest BCUT2D eigenvalue weighted by molar-refractivity contribution is 6.74. The Labute approximate surface area is 190 Å². The van der Waals surface area contributed by atoms with Gasteiger partial charge in [-0.1, -0.05) is 39.0 Å². The van der Waals surface area contributed by atoms with Gasteiger partial charge in [0.1, 0.15) is 5.78 Å². The fourth-order valence-electron chi connectivity index (χ4n) is 3.80. The molecule has 0 bridgehead atoms. The lowest BCUT2D eigenvalue weighted by Gasteiger charge is -2.39. The molecule has 0 aliphatic heterocycles. The average Bonchev–Trinajstić information content (AvgIpc) is 2.70. The number of rotatable bonds is 10. The average molecular weight is 447 g/mol. The molecule has 31 heavy (non-hydrogen) atoms. The third-order valence-corrected chi connectivity index (χ3v) is 11.3. The van der Waals surface area contributed by atoms with Crippen molar-refractivity contribution >= 4 is 14.1 Å². The van der Waals surface area contributed by atoms with Gasteiger partial charge in [0.2, 0.25) is 0 Å². The predicted octanol–water partition coefficient (Wildman–Crippen LogP) is 6.73. The van der Waals surface area contributed by atoms with E-state index in [9.17, 15) is 4.79 Å². The number of hydrogen-bond acceptors (Lipinski definition) is 4. The maximum atomic E-state index is 11.8. The van der Waals surface area contributed by atoms with Gasteiger partial charge in [-0.05, 0) is 73.9 Å². The zero-order valence-corrected chi connectivity index (χ0v) is 21.6. The number of carbonyl (C=O) groups is 1. The molecule has 0 saturated heterocycles. The van der Waals surface area contributed by atoms with Gasteiger partial charge in [-0.2, -0.15) is 0 Å². The van der Waals surface area contributed by atoms with E-state index in [1.54, 1.807) is 14.2 Å². The second-order valence-corrected chi connectivity index (χ2v) is 15.0. The maximum Gasteiger partial charge on any atom is 0.192 e. The van der Waals surface area contributed by atoms with Crippen molar-refractivity contribution in [2.75, 3.05) is 14.2 Å². The van der Waals surface area contributed by atoms with Gasteiger partial charge in [-0.3, -0.25) is 4.79 Å². The van der Waals surface area contributed by atoms with E-state index in [1.807, 2.05) is 6.07 Å². The smallest absolute Gasteiger partial charge is 0.192 e. The molecule has 2 unspecified atom stereocenters. The number of benzene rings is 1. The van der Waals surface area contributed by atoms with Crippen molar-refractivity contribution in [3.05, 3.63) is 35.9 Å². The van der Waals surface area contributed by atoms with E-state index in [0.717, 1.165) is 50.0 Å². The molecule has 0 N–H and O–H groups in total. The first kappa shape index (κ1) is 25.7. The number of carbonyl (C=O) groups excluding carboxylic acids is 1. The fourth-order valence-corrected chi connectivity index (χ4v) is 5.10. The lowest BCUT2D eigenvalue weighted by molar-refractivity contribution is -0.121. The molecule has 1 saturated carbocycles. The van der Waals surface area contributed by atoms with Crippen LogP contribution in [0.1, 0.15) is 64.9 Å². The molecule has 1 aliphatic carbocycles. The van der Waals surface area contributed by atoms with Crippen LogP contribution in [0.2, 0.25) is 18.1 Å². The molecule has 0 heterocycles. The highest BCUT2D eigenvalue weighted by Gasteiger charge is 2.38. The number of Topliss-reactive ketones (excluding diaryl/α,β-unsaturated/α-hetero) is 1. The highest BCUT2D eigenvalue weighted by atomic mass is 28.4. The van der Waals surface area contributed by atoms with E-state index in [2.05, 4.69) is 58.2 Å². The summed E-state index contributed by atoms with van der Waals surface area (Å²) in [5.74, 6) is 2.31. The molecule has 2 atom stereocenters. The van der Waals surface area contributed by atoms with E-state index in [1.165, 1.54) is 5.56 Å². The van der Waals surface area contributed by atoms with Crippen LogP contribution in [0, 0.1) is 5.92 Å². The monoisotopic (exact) mass is 446 g/mol. The van der Waals surface area contributed by atoms with Gasteiger partial charge in [-0.15, -0.1) is 0 Å². The lowest BCUT2D eigenvalue weighted by Crippen LogP contribution is -2.43. The fraction of sp³-hybridized carbons (Fsp3) is 0.654. The summed E-state index contributed by atoms with van der Waals surface area (Å²) < 4.78 is 17.5. The molecule has 0 spiro atoms. The van der Waals surface area contributed by atoms with E-state index in [4.69, 9.17) is 13.9 Å². The molecule has 1 aliphatic rings. The second-order valence-electron chi connectivity index (χ2n) is 10.3. The molecular weight excluding hydrogens is 404 g/mol. The number of ketones is 1. The standard InChI is InChI=1S/C26H42O4Si/c1-26(2,3)31(6,7)30-23(16-14-20-10-8-12-22(27)18-20)13-9-11-21-15-17-24(28-4)25(19-21)29-5/h14-17,19-20,23H,8-13,18H2,1-7H3. The molecular formula is C26H42O4Si. The summed E-state index contributed by atoms with van der Waals surface area (Å²) in [4.78, 5) is 11.8. The van der Waals surface area contributed by atoms with Crippen molar-refractivity contribution in [2.45, 2.75) is 90.0 Å². The summed E-state index contributed by atoms with van der Waals surface area (Å²) in [5, 5.41) is 0.170. The van der Waals surface area contributed by atoms with Gasteiger partial charge in [-0.25, -0.2) is 0 Å². The van der Waals surface area contributed by atoms with E-state index >= 15 is 0 Å². The Hall–Kier alpha value is -1.59. The summed E-state index contributed by atoms with van der Waals surface area (Å²) in [6, 6.07) is 6.14. The normalized spacial score (nSPS) is 18.9. The summed E-state index contributed by atoms with van der Waals surface area (Å²) in [5.41, 5.74) is 1.24. The molecule has 174 valence electrons. The number of allylic oxidation sites excluding steroid dienone is 1. The van der Waals surface area contributed by atoms with Crippen LogP contribution >= 0.6 is 0 Å². The van der Waals surface area contributed by atoms with Crippen molar-refractivity contribution in [1.82, 2.24) is 0 Å². The van der Waals surface area contributed by atoms with Crippen molar-refractivity contribution in [3.8, 4) is 11.5 Å². The Kier molecular flexibility index (Phi) is 9.38. The number of aryl methyl sites for hydroxylation is 1. The van der Waals surface area contributed by atoms with Crippen molar-refractivity contribution < 1.29 is 18.7 Å². The third kappa shape index (κ3) is 7.80. The van der Waals surface area contributed by atoms with Crippen molar-refractivity contribution in [1.29, 1.82) is 0 Å². The molecule has 0 aromatic heterocycles. The van der Waals surface area contributed by atoms with Crippen LogP contribution in [0.5, 0.6) is 11.5 Å². The summed E-state index contributed by atoms with van der Waals surface area (Å²) in [6.07, 6.45) is 11.1. The molecule has 1 aromatic carbocycles. The Morgan fingerprint density at radius 3 is 2.48 bits per heavy atom. The van der Waals surface area contributed by atoms with Crippen LogP contribution < -0.4 is 9.47 Å². The zero-order valence-electron chi connectivity index (χ0n) is 20.6. The van der Waals surface area contributed by atoms with Gasteiger partial charge < -0.3 is 13.9 Å². The molecule has 4 nitrogen and oxygen atoms in total. The molecule has 0 amide bonds. The lowest BCUT2D eigenvalue weighted by atomic mass is 9.88. The van der Waals surface area contributed by atoms with Crippen LogP contribution in [0.3, 0.4) is 0 Å². The van der Waals surface area contributed by atoms with Crippen LogP contribution in [-0.4, -0.2) is 34.4 Å². The van der Waals surface area contributed by atoms with Crippen LogP contribution in [0.15, 0.2) is 30.4 Å². The minimum absolute atomic E-state index is 0.0954. The van der Waals surface area contributed by atoms with Gasteiger partial charge >= 0.3 is 0 Å². The molecule has 1 aromatic rings. The Morgan fingerprint density at radius 2 is 1.87 bits per heavy atom. The third-order valence-electron chi connectivity index (χ3n) is 6.77. The number of ether oxygens (including phenoxy) is 2. The number of hydrogen-bond donors (Lipinski definition) is 0. The quantitative estimate of drug-likeness (QED) is 0.295. The van der Waals surface area contributed by atoms with E-state index in [-0.39, 0.29) is 11.1 Å². The van der Waals surface area contributed by atoms with Crippen molar-refractivity contribution in [3.63, 3.8) is 0 Å². The van der Waals surface area contributed by atoms with Crippen LogP contribution in [-0.2, 0) is 15.6 Å². The summed E-state index contributed by atoms with van der Waals surface area (Å²) >= 11 is 0. The van der Waals surface area contributed by atoms with E-state index < -0.39 is 8.32 Å². The minimum Gasteiger partial charge on any atom is -0.493 e. The first-order valence-electron chi connectivity index (χ1n) is 11.6. The molecule has 2 rings (SSSR count). The molecule has 1 fully saturated rings. The number of methoxy groups -OCH3 is 2. The van der Waals surface area contributed by atoms with Gasteiger partial charge in [0.05, 0.1) is 20.3 Å². The Bertz CT molecular complexity index is 748. The van der Waals surface area contributed by atoms with Crippen LogP contribution in [0.4, 0.5) is 0 Å². The largest absolute Gasteiger partial charge is 0.493 e. The second kappa shape index (κ2) is 11.3. The van der Waals surface area contributed by atoms with Gasteiger partial charge in [0.25, 0.3) is 0 Å². The SMILES string of the molecule is COc1ccc(CCCC(C=CC2CCCC(=O)C2)O[Si](C)(C)C(C)(C)C)cc1OC. The summed E-state index contributed by atoms with van der Waals surface area (Å²) in [7, 11) is 1.45. The van der Waals surface area contributed by atoms with Gasteiger partial charge in [0.15, 0.2) is 19.8 Å². The highest BCUT2D eigenvalue weighted by Crippen LogP contribution is 2.38. The van der Waals surface area contributed by atoms with Crippen molar-refractivity contribution in [2.24, 2.45) is 5.92 Å². The first-order chi connectivity index (χ1) is 14.6. The topological polar surface area (TPSA) is 44.8 Å². The molecule has 5 heteroatoms. The molecule has 0 radical (unpaired) electrons. The predicted molar refractivity (Wildman–Crippen MR) is 131 cm³/mol.